The SMILES string of the molecule is Cc1ccc(-c2nc(C(=O)OCCOCCn3cccn3)cs2)c(C)c1. The first-order chi connectivity index (χ1) is 12.6. The van der Waals surface area contributed by atoms with E-state index in [2.05, 4.69) is 23.1 Å². The van der Waals surface area contributed by atoms with Crippen LogP contribution in [0.15, 0.2) is 42.0 Å². The largest absolute Gasteiger partial charge is 0.458 e. The van der Waals surface area contributed by atoms with Crippen LogP contribution in [0.4, 0.5) is 0 Å². The second kappa shape index (κ2) is 8.73. The molecule has 0 unspecified atom stereocenters. The van der Waals surface area contributed by atoms with E-state index in [4.69, 9.17) is 9.47 Å². The zero-order valence-corrected chi connectivity index (χ0v) is 15.7. The molecule has 0 saturated carbocycles. The first-order valence-electron chi connectivity index (χ1n) is 8.39. The third-order valence-electron chi connectivity index (χ3n) is 3.81. The molecule has 7 heteroatoms. The van der Waals surface area contributed by atoms with Gasteiger partial charge in [0.25, 0.3) is 0 Å². The van der Waals surface area contributed by atoms with Crippen LogP contribution in [0, 0.1) is 13.8 Å². The fourth-order valence-corrected chi connectivity index (χ4v) is 3.38. The molecule has 0 aliphatic heterocycles. The Balaban J connectivity index is 1.44. The predicted molar refractivity (Wildman–Crippen MR) is 100 cm³/mol. The molecule has 0 aliphatic carbocycles. The predicted octanol–water partition coefficient (Wildman–Crippen LogP) is 3.50. The van der Waals surface area contributed by atoms with Crippen LogP contribution in [0.1, 0.15) is 21.6 Å². The van der Waals surface area contributed by atoms with Gasteiger partial charge < -0.3 is 9.47 Å². The fraction of sp³-hybridized carbons (Fsp3) is 0.316. The molecule has 0 radical (unpaired) electrons. The van der Waals surface area contributed by atoms with E-state index in [0.717, 1.165) is 16.1 Å². The van der Waals surface area contributed by atoms with E-state index >= 15 is 0 Å². The molecule has 1 aromatic carbocycles. The molecule has 3 aromatic rings. The van der Waals surface area contributed by atoms with Gasteiger partial charge in [-0.3, -0.25) is 4.68 Å². The summed E-state index contributed by atoms with van der Waals surface area (Å²) in [4.78, 5) is 16.5. The molecule has 0 atom stereocenters. The highest BCUT2D eigenvalue weighted by Crippen LogP contribution is 2.27. The number of ether oxygens (including phenoxy) is 2. The summed E-state index contributed by atoms with van der Waals surface area (Å²) >= 11 is 1.44. The molecule has 3 rings (SSSR count). The zero-order chi connectivity index (χ0) is 18.4. The second-order valence-electron chi connectivity index (χ2n) is 5.87. The summed E-state index contributed by atoms with van der Waals surface area (Å²) in [5, 5.41) is 6.64. The van der Waals surface area contributed by atoms with E-state index in [-0.39, 0.29) is 6.61 Å². The quantitative estimate of drug-likeness (QED) is 0.448. The number of hydrogen-bond acceptors (Lipinski definition) is 6. The Kier molecular flexibility index (Phi) is 6.14. The van der Waals surface area contributed by atoms with Crippen LogP contribution >= 0.6 is 11.3 Å². The highest BCUT2D eigenvalue weighted by molar-refractivity contribution is 7.13. The highest BCUT2D eigenvalue weighted by atomic mass is 32.1. The molecule has 0 spiro atoms. The molecule has 0 saturated heterocycles. The van der Waals surface area contributed by atoms with Gasteiger partial charge in [-0.05, 0) is 25.5 Å². The van der Waals surface area contributed by atoms with Crippen molar-refractivity contribution in [3.05, 3.63) is 58.9 Å². The molecular formula is C19H21N3O3S. The normalized spacial score (nSPS) is 10.8. The van der Waals surface area contributed by atoms with Crippen LogP contribution in [-0.2, 0) is 16.0 Å². The van der Waals surface area contributed by atoms with E-state index < -0.39 is 5.97 Å². The number of nitrogens with zero attached hydrogens (tertiary/aromatic N) is 3. The standard InChI is InChI=1S/C19H21N3O3S/c1-14-4-5-16(15(2)12-14)18-21-17(13-26-18)19(23)25-11-10-24-9-8-22-7-3-6-20-22/h3-7,12-13H,8-11H2,1-2H3. The van der Waals surface area contributed by atoms with Crippen molar-refractivity contribution in [1.29, 1.82) is 0 Å². The molecule has 0 N–H and O–H groups in total. The van der Waals surface area contributed by atoms with Gasteiger partial charge in [0.15, 0.2) is 5.69 Å². The smallest absolute Gasteiger partial charge is 0.357 e. The molecule has 0 bridgehead atoms. The van der Waals surface area contributed by atoms with Crippen molar-refractivity contribution in [2.24, 2.45) is 0 Å². The summed E-state index contributed by atoms with van der Waals surface area (Å²) in [5.41, 5.74) is 3.72. The maximum atomic E-state index is 12.1. The van der Waals surface area contributed by atoms with Crippen LogP contribution < -0.4 is 0 Å². The Labute approximate surface area is 156 Å². The van der Waals surface area contributed by atoms with Crippen molar-refractivity contribution >= 4 is 17.3 Å². The van der Waals surface area contributed by atoms with Gasteiger partial charge in [-0.15, -0.1) is 11.3 Å². The van der Waals surface area contributed by atoms with Crippen LogP contribution in [-0.4, -0.2) is 40.6 Å². The van der Waals surface area contributed by atoms with Crippen molar-refractivity contribution in [2.75, 3.05) is 19.8 Å². The molecule has 26 heavy (non-hydrogen) atoms. The van der Waals surface area contributed by atoms with E-state index in [1.807, 2.05) is 31.3 Å². The summed E-state index contributed by atoms with van der Waals surface area (Å²) in [7, 11) is 0. The third kappa shape index (κ3) is 4.77. The minimum absolute atomic E-state index is 0.203. The van der Waals surface area contributed by atoms with Crippen LogP contribution in [0.3, 0.4) is 0 Å². The summed E-state index contributed by atoms with van der Waals surface area (Å²) in [6, 6.07) is 8.05. The molecule has 0 aliphatic rings. The van der Waals surface area contributed by atoms with E-state index in [0.29, 0.717) is 25.5 Å². The lowest BCUT2D eigenvalue weighted by atomic mass is 10.1. The number of rotatable bonds is 8. The van der Waals surface area contributed by atoms with E-state index in [1.54, 1.807) is 16.3 Å². The topological polar surface area (TPSA) is 66.2 Å². The number of hydrogen-bond donors (Lipinski definition) is 0. The monoisotopic (exact) mass is 371 g/mol. The van der Waals surface area contributed by atoms with Crippen molar-refractivity contribution in [1.82, 2.24) is 14.8 Å². The summed E-state index contributed by atoms with van der Waals surface area (Å²) in [5.74, 6) is -0.423. The first kappa shape index (κ1) is 18.3. The van der Waals surface area contributed by atoms with Gasteiger partial charge >= 0.3 is 5.97 Å². The van der Waals surface area contributed by atoms with Crippen molar-refractivity contribution in [2.45, 2.75) is 20.4 Å². The number of esters is 1. The van der Waals surface area contributed by atoms with Gasteiger partial charge in [0, 0.05) is 23.3 Å². The maximum absolute atomic E-state index is 12.1. The Bertz CT molecular complexity index is 859. The minimum atomic E-state index is -0.423. The number of carbonyl (C=O) groups is 1. The lowest BCUT2D eigenvalue weighted by molar-refractivity contribution is 0.0298. The molecule has 136 valence electrons. The number of carbonyl (C=O) groups excluding carboxylic acids is 1. The summed E-state index contributed by atoms with van der Waals surface area (Å²) < 4.78 is 12.4. The van der Waals surface area contributed by atoms with Crippen molar-refractivity contribution in [3.63, 3.8) is 0 Å². The number of thiazole rings is 1. The number of benzene rings is 1. The lowest BCUT2D eigenvalue weighted by Crippen LogP contribution is -2.13. The molecule has 0 fully saturated rings. The maximum Gasteiger partial charge on any atom is 0.357 e. The fourth-order valence-electron chi connectivity index (χ4n) is 2.50. The third-order valence-corrected chi connectivity index (χ3v) is 4.69. The molecule has 0 amide bonds. The van der Waals surface area contributed by atoms with Crippen LogP contribution in [0.5, 0.6) is 0 Å². The number of aromatic nitrogens is 3. The molecule has 2 heterocycles. The van der Waals surface area contributed by atoms with Crippen LogP contribution in [0.2, 0.25) is 0 Å². The van der Waals surface area contributed by atoms with Gasteiger partial charge in [-0.2, -0.15) is 5.10 Å². The average Bonchev–Trinajstić information content (AvgIpc) is 3.29. The minimum Gasteiger partial charge on any atom is -0.458 e. The van der Waals surface area contributed by atoms with Gasteiger partial charge in [-0.1, -0.05) is 23.8 Å². The Morgan fingerprint density at radius 3 is 2.88 bits per heavy atom. The average molecular weight is 371 g/mol. The van der Waals surface area contributed by atoms with Crippen molar-refractivity contribution in [3.8, 4) is 10.6 Å². The summed E-state index contributed by atoms with van der Waals surface area (Å²) in [6.07, 6.45) is 3.60. The second-order valence-corrected chi connectivity index (χ2v) is 6.73. The molecular weight excluding hydrogens is 350 g/mol. The first-order valence-corrected chi connectivity index (χ1v) is 9.27. The highest BCUT2D eigenvalue weighted by Gasteiger charge is 2.14. The van der Waals surface area contributed by atoms with Gasteiger partial charge in [0.05, 0.1) is 19.8 Å². The molecule has 6 nitrogen and oxygen atoms in total. The lowest BCUT2D eigenvalue weighted by Gasteiger charge is -2.05. The van der Waals surface area contributed by atoms with Gasteiger partial charge in [0.2, 0.25) is 0 Å². The van der Waals surface area contributed by atoms with Crippen molar-refractivity contribution < 1.29 is 14.3 Å². The molecule has 2 aromatic heterocycles. The van der Waals surface area contributed by atoms with E-state index in [1.165, 1.54) is 16.9 Å². The Morgan fingerprint density at radius 1 is 1.23 bits per heavy atom. The number of aryl methyl sites for hydroxylation is 2. The summed E-state index contributed by atoms with van der Waals surface area (Å²) in [6.45, 7) is 5.84. The Hall–Kier alpha value is -2.51. The van der Waals surface area contributed by atoms with Gasteiger partial charge in [0.1, 0.15) is 11.6 Å². The van der Waals surface area contributed by atoms with E-state index in [9.17, 15) is 4.79 Å². The zero-order valence-electron chi connectivity index (χ0n) is 14.8. The van der Waals surface area contributed by atoms with Crippen LogP contribution in [0.25, 0.3) is 10.6 Å². The Morgan fingerprint density at radius 2 is 2.12 bits per heavy atom. The van der Waals surface area contributed by atoms with Gasteiger partial charge in [-0.25, -0.2) is 9.78 Å².